The molecular weight excluding hydrogens is 661 g/mol. The van der Waals surface area contributed by atoms with Gasteiger partial charge in [0.1, 0.15) is 0 Å². The summed E-state index contributed by atoms with van der Waals surface area (Å²) in [6.07, 6.45) is 1.39. The Bertz CT molecular complexity index is 1210. The van der Waals surface area contributed by atoms with Gasteiger partial charge in [0, 0.05) is 8.80 Å². The minimum absolute atomic E-state index is 0. The Kier molecular flexibility index (Phi) is 31.3. The van der Waals surface area contributed by atoms with Crippen LogP contribution in [-0.2, 0) is 0 Å². The van der Waals surface area contributed by atoms with Crippen molar-refractivity contribution in [3.8, 4) is 46.6 Å². The summed E-state index contributed by atoms with van der Waals surface area (Å²) in [6, 6.07) is 23.3. The van der Waals surface area contributed by atoms with Gasteiger partial charge < -0.3 is 19.2 Å². The summed E-state index contributed by atoms with van der Waals surface area (Å²) in [5.41, 5.74) is 5.39. The van der Waals surface area contributed by atoms with Gasteiger partial charge in [-0.2, -0.15) is 0 Å². The monoisotopic (exact) mass is 726 g/mol. The second-order valence-corrected chi connectivity index (χ2v) is 30.7. The van der Waals surface area contributed by atoms with Crippen LogP contribution in [0.4, 0.5) is 0 Å². The molecule has 4 N–H and O–H groups in total. The van der Waals surface area contributed by atoms with Crippen LogP contribution in [0.5, 0.6) is 0 Å². The maximum atomic E-state index is 10.9. The highest BCUT2D eigenvalue weighted by atomic mass is 28.4. The van der Waals surface area contributed by atoms with E-state index in [1.165, 1.54) is 12.5 Å². The van der Waals surface area contributed by atoms with Gasteiger partial charge in [-0.25, -0.2) is 0 Å². The van der Waals surface area contributed by atoms with Gasteiger partial charge in [0.15, 0.2) is 8.32 Å². The molecule has 0 saturated heterocycles. The van der Waals surface area contributed by atoms with Crippen molar-refractivity contribution in [3.63, 3.8) is 0 Å². The second-order valence-electron chi connectivity index (χ2n) is 12.7. The van der Waals surface area contributed by atoms with Crippen LogP contribution in [0.3, 0.4) is 0 Å². The molecule has 0 bridgehead atoms. The summed E-state index contributed by atoms with van der Waals surface area (Å²) in [7, 11) is -8.59. The lowest BCUT2D eigenvalue weighted by atomic mass is 10.4. The standard InChI is InChI=1S/C14H16OSi.2C7H10OSi.C5H14Si.C4H12OSi.CH4/c1-2-16(15,13-9-5-3-6-10-13)14-11-7-4-8-12-14;2*1-4-5-6-7-9(2,3)8;1-4-5-6(2)3;1-4-6(2,3)5;/h3-12,15H,2H2,1H3;2*8H,1-3H3;6H,4-5H2,1-3H3;5H,4H2,1-3H3;1H4. The molecular formula is C38H66O4Si5. The van der Waals surface area contributed by atoms with Crippen molar-refractivity contribution in [1.82, 2.24) is 0 Å². The van der Waals surface area contributed by atoms with Gasteiger partial charge in [0.25, 0.3) is 25.0 Å². The molecule has 0 saturated carbocycles. The molecule has 0 unspecified atom stereocenters. The Hall–Kier alpha value is -2.40. The number of hydrogen-bond donors (Lipinski definition) is 4. The van der Waals surface area contributed by atoms with Crippen LogP contribution >= 0.6 is 0 Å². The second kappa shape index (κ2) is 28.6. The van der Waals surface area contributed by atoms with Crippen molar-refractivity contribution in [1.29, 1.82) is 0 Å². The smallest absolute Gasteiger partial charge is 0.264 e. The summed E-state index contributed by atoms with van der Waals surface area (Å²) < 4.78 is 0. The molecule has 2 aromatic carbocycles. The van der Waals surface area contributed by atoms with Crippen molar-refractivity contribution in [2.75, 3.05) is 0 Å². The average Bonchev–Trinajstić information content (AvgIpc) is 2.98. The fourth-order valence-corrected chi connectivity index (χ4v) is 7.60. The Morgan fingerprint density at radius 2 is 0.894 bits per heavy atom. The highest BCUT2D eigenvalue weighted by Crippen LogP contribution is 2.07. The molecule has 0 aliphatic carbocycles. The number of rotatable bonds is 6. The van der Waals surface area contributed by atoms with Crippen LogP contribution in [0.1, 0.15) is 48.5 Å². The van der Waals surface area contributed by atoms with Crippen LogP contribution in [0.2, 0.25) is 70.5 Å². The van der Waals surface area contributed by atoms with E-state index in [4.69, 9.17) is 14.4 Å². The molecule has 262 valence electrons. The van der Waals surface area contributed by atoms with Gasteiger partial charge in [-0.15, -0.1) is 0 Å². The minimum atomic E-state index is -2.48. The van der Waals surface area contributed by atoms with E-state index in [9.17, 15) is 4.80 Å². The Morgan fingerprint density at radius 3 is 1.06 bits per heavy atom. The molecule has 47 heavy (non-hydrogen) atoms. The third kappa shape index (κ3) is 34.8. The van der Waals surface area contributed by atoms with Gasteiger partial charge in [0.05, 0.1) is 0 Å². The molecule has 0 radical (unpaired) electrons. The minimum Gasteiger partial charge on any atom is -0.432 e. The molecule has 0 aliphatic rings. The predicted octanol–water partition coefficient (Wildman–Crippen LogP) is 6.98. The normalized spacial score (nSPS) is 9.91. The third-order valence-electron chi connectivity index (χ3n) is 5.86. The highest BCUT2D eigenvalue weighted by Gasteiger charge is 2.33. The Morgan fingerprint density at radius 1 is 0.574 bits per heavy atom. The van der Waals surface area contributed by atoms with Gasteiger partial charge in [-0.3, -0.25) is 0 Å². The maximum absolute atomic E-state index is 10.9. The maximum Gasteiger partial charge on any atom is 0.264 e. The zero-order valence-corrected chi connectivity index (χ0v) is 36.1. The van der Waals surface area contributed by atoms with E-state index in [0.717, 1.165) is 22.5 Å². The largest absolute Gasteiger partial charge is 0.432 e. The van der Waals surface area contributed by atoms with E-state index in [0.29, 0.717) is 0 Å². The summed E-state index contributed by atoms with van der Waals surface area (Å²) in [6.45, 7) is 25.5. The Balaban J connectivity index is -0.000000261. The van der Waals surface area contributed by atoms with E-state index < -0.39 is 33.3 Å². The zero-order valence-electron chi connectivity index (χ0n) is 31.0. The van der Waals surface area contributed by atoms with Crippen molar-refractivity contribution in [2.24, 2.45) is 0 Å². The van der Waals surface area contributed by atoms with Gasteiger partial charge in [-0.1, -0.05) is 137 Å². The van der Waals surface area contributed by atoms with Crippen LogP contribution in [0.25, 0.3) is 0 Å². The molecule has 0 fully saturated rings. The fraction of sp³-hybridized carbons (Fsp3) is 0.474. The number of benzene rings is 2. The SMILES string of the molecule is C.CC#CC#C[Si](C)(C)O.CC#CC#C[Si](C)(C)O.CCC[SiH](C)C.CC[Si](C)(C)O.CC[Si](O)(c1ccccc1)c1ccccc1. The fourth-order valence-electron chi connectivity index (χ4n) is 3.07. The molecule has 4 nitrogen and oxygen atoms in total. The van der Waals surface area contributed by atoms with Crippen LogP contribution in [0.15, 0.2) is 60.7 Å². The van der Waals surface area contributed by atoms with Crippen LogP contribution in [0, 0.1) is 46.6 Å². The highest BCUT2D eigenvalue weighted by molar-refractivity contribution is 6.96. The molecule has 0 aliphatic heterocycles. The van der Waals surface area contributed by atoms with E-state index in [-0.39, 0.29) is 16.2 Å². The third-order valence-corrected chi connectivity index (χ3v) is 14.4. The van der Waals surface area contributed by atoms with Crippen molar-refractivity contribution < 1.29 is 19.2 Å². The van der Waals surface area contributed by atoms with Crippen LogP contribution < -0.4 is 10.4 Å². The lowest BCUT2D eigenvalue weighted by Crippen LogP contribution is -2.58. The molecule has 0 heterocycles. The van der Waals surface area contributed by atoms with E-state index in [1.54, 1.807) is 40.0 Å². The predicted molar refractivity (Wildman–Crippen MR) is 223 cm³/mol. The average molecular weight is 727 g/mol. The quantitative estimate of drug-likeness (QED) is 0.191. The summed E-state index contributed by atoms with van der Waals surface area (Å²) in [5, 5.41) is 2.17. The van der Waals surface area contributed by atoms with E-state index in [2.05, 4.69) is 73.6 Å². The first-order valence-electron chi connectivity index (χ1n) is 16.1. The van der Waals surface area contributed by atoms with Gasteiger partial charge in [-0.05, 0) is 99.3 Å². The van der Waals surface area contributed by atoms with E-state index >= 15 is 0 Å². The van der Waals surface area contributed by atoms with Gasteiger partial charge in [0.2, 0.25) is 0 Å². The Labute approximate surface area is 296 Å². The first-order chi connectivity index (χ1) is 21.2. The van der Waals surface area contributed by atoms with Crippen molar-refractivity contribution in [2.45, 2.75) is 119 Å². The summed E-state index contributed by atoms with van der Waals surface area (Å²) in [4.78, 5) is 38.2. The topological polar surface area (TPSA) is 80.9 Å². The van der Waals surface area contributed by atoms with E-state index in [1.807, 2.05) is 80.7 Å². The zero-order chi connectivity index (χ0) is 36.3. The molecule has 0 amide bonds. The molecule has 9 heteroatoms. The molecule has 2 aromatic rings. The first-order valence-corrected chi connectivity index (χ1v) is 30.4. The number of hydrogen-bond acceptors (Lipinski definition) is 4. The molecule has 0 aromatic heterocycles. The molecule has 0 atom stereocenters. The van der Waals surface area contributed by atoms with Crippen molar-refractivity contribution >= 4 is 52.4 Å². The lowest BCUT2D eigenvalue weighted by Gasteiger charge is -2.24. The van der Waals surface area contributed by atoms with Crippen LogP contribution in [-0.4, -0.2) is 61.2 Å². The summed E-state index contributed by atoms with van der Waals surface area (Å²) in [5.74, 6) is 15.5. The first kappa shape index (κ1) is 51.4. The van der Waals surface area contributed by atoms with Crippen molar-refractivity contribution in [3.05, 3.63) is 60.7 Å². The molecule has 0 spiro atoms. The summed E-state index contributed by atoms with van der Waals surface area (Å²) >= 11 is 0. The van der Waals surface area contributed by atoms with Gasteiger partial charge >= 0.3 is 0 Å². The molecule has 2 rings (SSSR count). The lowest BCUT2D eigenvalue weighted by molar-refractivity contribution is 0.551.